The van der Waals surface area contributed by atoms with Gasteiger partial charge in [-0.05, 0) is 45.6 Å². The first-order valence-electron chi connectivity index (χ1n) is 5.69. The van der Waals surface area contributed by atoms with Gasteiger partial charge in [-0.1, -0.05) is 6.08 Å². The molecule has 0 bridgehead atoms. The standard InChI is InChI=1S/C12H23NO/c1-4-6-11(13-3)7-10-8-12(9-10)14-5-2/h4,10-13H,1,5-9H2,2-3H3. The van der Waals surface area contributed by atoms with Crippen LogP contribution in [0.1, 0.15) is 32.6 Å². The molecule has 1 aliphatic rings. The second kappa shape index (κ2) is 6.20. The average Bonchev–Trinajstić information content (AvgIpc) is 2.13. The van der Waals surface area contributed by atoms with E-state index in [9.17, 15) is 0 Å². The van der Waals surface area contributed by atoms with Gasteiger partial charge in [0, 0.05) is 12.6 Å². The quantitative estimate of drug-likeness (QED) is 0.633. The van der Waals surface area contributed by atoms with Crippen molar-refractivity contribution in [3.8, 4) is 0 Å². The lowest BCUT2D eigenvalue weighted by Gasteiger charge is -2.36. The van der Waals surface area contributed by atoms with Crippen molar-refractivity contribution in [1.29, 1.82) is 0 Å². The molecule has 1 unspecified atom stereocenters. The Kier molecular flexibility index (Phi) is 5.20. The zero-order chi connectivity index (χ0) is 10.4. The van der Waals surface area contributed by atoms with Crippen LogP contribution in [0, 0.1) is 5.92 Å². The van der Waals surface area contributed by atoms with E-state index in [-0.39, 0.29) is 0 Å². The summed E-state index contributed by atoms with van der Waals surface area (Å²) in [7, 11) is 2.03. The summed E-state index contributed by atoms with van der Waals surface area (Å²) in [4.78, 5) is 0. The molecule has 1 rings (SSSR count). The van der Waals surface area contributed by atoms with E-state index in [0.29, 0.717) is 12.1 Å². The lowest BCUT2D eigenvalue weighted by atomic mass is 9.78. The van der Waals surface area contributed by atoms with Crippen molar-refractivity contribution in [2.24, 2.45) is 5.92 Å². The van der Waals surface area contributed by atoms with Crippen LogP contribution in [0.25, 0.3) is 0 Å². The highest BCUT2D eigenvalue weighted by Crippen LogP contribution is 2.33. The number of rotatable bonds is 7. The van der Waals surface area contributed by atoms with Gasteiger partial charge >= 0.3 is 0 Å². The van der Waals surface area contributed by atoms with E-state index >= 15 is 0 Å². The molecule has 0 heterocycles. The van der Waals surface area contributed by atoms with Crippen LogP contribution in [0.5, 0.6) is 0 Å². The van der Waals surface area contributed by atoms with Crippen LogP contribution < -0.4 is 5.32 Å². The molecule has 82 valence electrons. The molecule has 0 aromatic rings. The molecule has 2 nitrogen and oxygen atoms in total. The Labute approximate surface area is 87.7 Å². The van der Waals surface area contributed by atoms with Crippen LogP contribution in [0.15, 0.2) is 12.7 Å². The summed E-state index contributed by atoms with van der Waals surface area (Å²) < 4.78 is 5.54. The molecular formula is C12H23NO. The van der Waals surface area contributed by atoms with Crippen molar-refractivity contribution < 1.29 is 4.74 Å². The number of ether oxygens (including phenoxy) is 1. The van der Waals surface area contributed by atoms with Crippen molar-refractivity contribution in [2.45, 2.75) is 44.8 Å². The highest BCUT2D eigenvalue weighted by atomic mass is 16.5. The van der Waals surface area contributed by atoms with Gasteiger partial charge in [0.25, 0.3) is 0 Å². The molecule has 0 radical (unpaired) electrons. The van der Waals surface area contributed by atoms with Crippen LogP contribution in [0.4, 0.5) is 0 Å². The Hall–Kier alpha value is -0.340. The molecular weight excluding hydrogens is 174 g/mol. The molecule has 0 aromatic carbocycles. The average molecular weight is 197 g/mol. The van der Waals surface area contributed by atoms with Crippen molar-refractivity contribution >= 4 is 0 Å². The smallest absolute Gasteiger partial charge is 0.0580 e. The topological polar surface area (TPSA) is 21.3 Å². The van der Waals surface area contributed by atoms with Gasteiger partial charge in [0.05, 0.1) is 6.10 Å². The number of hydrogen-bond donors (Lipinski definition) is 1. The van der Waals surface area contributed by atoms with Crippen molar-refractivity contribution in [3.63, 3.8) is 0 Å². The highest BCUT2D eigenvalue weighted by molar-refractivity contribution is 4.86. The van der Waals surface area contributed by atoms with Crippen molar-refractivity contribution in [2.75, 3.05) is 13.7 Å². The normalized spacial score (nSPS) is 28.1. The Bertz CT molecular complexity index is 164. The van der Waals surface area contributed by atoms with Gasteiger partial charge < -0.3 is 10.1 Å². The van der Waals surface area contributed by atoms with E-state index in [0.717, 1.165) is 18.9 Å². The van der Waals surface area contributed by atoms with Crippen LogP contribution in [-0.2, 0) is 4.74 Å². The largest absolute Gasteiger partial charge is 0.378 e. The van der Waals surface area contributed by atoms with E-state index < -0.39 is 0 Å². The van der Waals surface area contributed by atoms with Crippen LogP contribution in [0.2, 0.25) is 0 Å². The van der Waals surface area contributed by atoms with Gasteiger partial charge in [-0.25, -0.2) is 0 Å². The molecule has 1 aliphatic carbocycles. The maximum absolute atomic E-state index is 5.54. The minimum absolute atomic E-state index is 0.547. The second-order valence-electron chi connectivity index (χ2n) is 4.16. The summed E-state index contributed by atoms with van der Waals surface area (Å²) in [5.41, 5.74) is 0. The maximum Gasteiger partial charge on any atom is 0.0580 e. The second-order valence-corrected chi connectivity index (χ2v) is 4.16. The highest BCUT2D eigenvalue weighted by Gasteiger charge is 2.30. The zero-order valence-electron chi connectivity index (χ0n) is 9.46. The van der Waals surface area contributed by atoms with Crippen molar-refractivity contribution in [1.82, 2.24) is 5.32 Å². The molecule has 1 N–H and O–H groups in total. The third kappa shape index (κ3) is 3.43. The SMILES string of the molecule is C=CCC(CC1CC(OCC)C1)NC. The fraction of sp³-hybridized carbons (Fsp3) is 0.833. The summed E-state index contributed by atoms with van der Waals surface area (Å²) in [6, 6.07) is 0.611. The first kappa shape index (κ1) is 11.7. The number of hydrogen-bond acceptors (Lipinski definition) is 2. The molecule has 0 aliphatic heterocycles. The van der Waals surface area contributed by atoms with E-state index in [1.807, 2.05) is 13.1 Å². The fourth-order valence-corrected chi connectivity index (χ4v) is 2.17. The molecule has 0 amide bonds. The summed E-state index contributed by atoms with van der Waals surface area (Å²) in [6.07, 6.45) is 7.40. The first-order valence-corrected chi connectivity index (χ1v) is 5.69. The lowest BCUT2D eigenvalue weighted by Crippen LogP contribution is -2.36. The molecule has 0 aromatic heterocycles. The molecule has 1 atom stereocenters. The third-order valence-corrected chi connectivity index (χ3v) is 3.07. The Morgan fingerprint density at radius 2 is 2.29 bits per heavy atom. The molecule has 0 spiro atoms. The summed E-state index contributed by atoms with van der Waals surface area (Å²) >= 11 is 0. The minimum atomic E-state index is 0.547. The third-order valence-electron chi connectivity index (χ3n) is 3.07. The Morgan fingerprint density at radius 1 is 1.57 bits per heavy atom. The van der Waals surface area contributed by atoms with Gasteiger partial charge in [0.15, 0.2) is 0 Å². The van der Waals surface area contributed by atoms with E-state index in [2.05, 4.69) is 18.8 Å². The van der Waals surface area contributed by atoms with E-state index in [1.54, 1.807) is 0 Å². The van der Waals surface area contributed by atoms with E-state index in [4.69, 9.17) is 4.74 Å². The summed E-state index contributed by atoms with van der Waals surface area (Å²) in [6.45, 7) is 6.71. The molecule has 1 fully saturated rings. The Balaban J connectivity index is 2.11. The minimum Gasteiger partial charge on any atom is -0.378 e. The molecule has 0 saturated heterocycles. The predicted molar refractivity (Wildman–Crippen MR) is 60.4 cm³/mol. The Morgan fingerprint density at radius 3 is 2.79 bits per heavy atom. The van der Waals surface area contributed by atoms with Gasteiger partial charge in [0.2, 0.25) is 0 Å². The maximum atomic E-state index is 5.54. The predicted octanol–water partition coefficient (Wildman–Crippen LogP) is 2.36. The summed E-state index contributed by atoms with van der Waals surface area (Å²) in [5.74, 6) is 0.865. The fourth-order valence-electron chi connectivity index (χ4n) is 2.17. The van der Waals surface area contributed by atoms with Gasteiger partial charge in [-0.3, -0.25) is 0 Å². The van der Waals surface area contributed by atoms with Crippen LogP contribution in [0.3, 0.4) is 0 Å². The zero-order valence-corrected chi connectivity index (χ0v) is 9.46. The first-order chi connectivity index (χ1) is 6.80. The monoisotopic (exact) mass is 197 g/mol. The van der Waals surface area contributed by atoms with Crippen molar-refractivity contribution in [3.05, 3.63) is 12.7 Å². The van der Waals surface area contributed by atoms with Gasteiger partial charge in [-0.2, -0.15) is 0 Å². The van der Waals surface area contributed by atoms with Gasteiger partial charge in [0.1, 0.15) is 0 Å². The van der Waals surface area contributed by atoms with Crippen LogP contribution >= 0.6 is 0 Å². The van der Waals surface area contributed by atoms with Crippen LogP contribution in [-0.4, -0.2) is 25.8 Å². The van der Waals surface area contributed by atoms with Gasteiger partial charge in [-0.15, -0.1) is 6.58 Å². The van der Waals surface area contributed by atoms with E-state index in [1.165, 1.54) is 19.3 Å². The lowest BCUT2D eigenvalue weighted by molar-refractivity contribution is -0.0287. The summed E-state index contributed by atoms with van der Waals surface area (Å²) in [5, 5.41) is 3.34. The number of nitrogens with one attached hydrogen (secondary N) is 1. The molecule has 1 saturated carbocycles. The molecule has 14 heavy (non-hydrogen) atoms. The molecule has 2 heteroatoms.